The van der Waals surface area contributed by atoms with Crippen molar-refractivity contribution >= 4 is 197 Å². The van der Waals surface area contributed by atoms with Crippen LogP contribution < -0.4 is 33.7 Å². The van der Waals surface area contributed by atoms with Crippen molar-refractivity contribution in [1.29, 1.82) is 0 Å². The SMILES string of the molecule is CC(C)(C)OC(=O)N1CCN(Cc2cc(Cl)nc3cc(Br)ccc23)CC1.CC(C)(C)OC(=O)N1CCN(Cc2cc(NN)nc3cc(Br)ccc23)CC1.CC(C)(C)OC(=O)OC(=O)OC(C)(C)C.CC1=C(C)C(=O)N(Nc2cc(CN3CCN(C(=O)OC(C)(C)C)CC3)c3ccc(Br)cc3n2)C1=O.CC1=C(C)C(=O)OC1=O.CCO.CO.Clc1cc(CN2CCNCC2)c2ccc(Br)cc2n1.NN.O. The number of imide groups is 1. The molecule has 8 aromatic rings. The molecule has 4 fully saturated rings. The van der Waals surface area contributed by atoms with Gasteiger partial charge in [-0.1, -0.05) is 111 Å². The Labute approximate surface area is 856 Å². The number of rotatable bonds is 11. The van der Waals surface area contributed by atoms with Crippen molar-refractivity contribution in [3.8, 4) is 0 Å². The summed E-state index contributed by atoms with van der Waals surface area (Å²) in [5, 5.41) is 24.4. The van der Waals surface area contributed by atoms with E-state index in [1.807, 2.05) is 135 Å². The Balaban J connectivity index is 0.000000300. The number of nitrogens with zero attached hydrogens (tertiary/aromatic N) is 12. The summed E-state index contributed by atoms with van der Waals surface area (Å²) in [6, 6.07) is 32.0. The van der Waals surface area contributed by atoms with Crippen molar-refractivity contribution in [3.05, 3.63) is 170 Å². The van der Waals surface area contributed by atoms with Gasteiger partial charge in [0.1, 0.15) is 49.9 Å². The smallest absolute Gasteiger partial charge is 0.444 e. The van der Waals surface area contributed by atoms with Crippen LogP contribution in [0.3, 0.4) is 0 Å². The molecule has 43 heteroatoms. The molecule has 0 radical (unpaired) electrons. The number of hydrazine groups is 3. The highest BCUT2D eigenvalue weighted by Gasteiger charge is 2.36. The minimum Gasteiger partial charge on any atom is -0.444 e. The molecule has 0 atom stereocenters. The molecule has 4 saturated heterocycles. The normalized spacial score (nSPS) is 15.5. The zero-order valence-electron chi connectivity index (χ0n) is 82.9. The van der Waals surface area contributed by atoms with Crippen LogP contribution in [-0.4, -0.2) is 276 Å². The van der Waals surface area contributed by atoms with Crippen LogP contribution >= 0.6 is 86.9 Å². The number of nitrogen functional groups attached to an aromatic ring is 1. The van der Waals surface area contributed by atoms with Gasteiger partial charge in [-0.05, 0) is 234 Å². The summed E-state index contributed by atoms with van der Waals surface area (Å²) in [5.74, 6) is 12.9. The molecule has 764 valence electrons. The predicted octanol–water partition coefficient (Wildman–Crippen LogP) is 16.1. The second kappa shape index (κ2) is 55.2. The molecule has 0 bridgehead atoms. The maximum atomic E-state index is 12.5. The van der Waals surface area contributed by atoms with Crippen molar-refractivity contribution < 1.29 is 92.0 Å². The number of carbonyl (C=O) groups excluding carboxylic acids is 9. The summed E-state index contributed by atoms with van der Waals surface area (Å²) in [6.45, 7) is 51.1. The number of hydrogen-bond acceptors (Lipinski definition) is 32. The fourth-order valence-corrected chi connectivity index (χ4v) is 15.7. The maximum Gasteiger partial charge on any atom is 0.519 e. The van der Waals surface area contributed by atoms with Gasteiger partial charge in [-0.3, -0.25) is 46.3 Å². The molecule has 4 aromatic heterocycles. The molecule has 0 aliphatic carbocycles. The first-order valence-corrected chi connectivity index (χ1v) is 48.6. The quantitative estimate of drug-likeness (QED) is 0.0113. The van der Waals surface area contributed by atoms with Gasteiger partial charge in [0.05, 0.1) is 22.1 Å². The second-order valence-electron chi connectivity index (χ2n) is 37.2. The van der Waals surface area contributed by atoms with Gasteiger partial charge in [-0.2, -0.15) is 5.01 Å². The van der Waals surface area contributed by atoms with Crippen LogP contribution in [-0.2, 0) is 78.5 Å². The van der Waals surface area contributed by atoms with E-state index in [9.17, 15) is 43.2 Å². The van der Waals surface area contributed by atoms with E-state index in [1.54, 1.807) is 90.9 Å². The van der Waals surface area contributed by atoms with E-state index in [1.165, 1.54) is 10.9 Å². The zero-order valence-corrected chi connectivity index (χ0v) is 90.7. The minimum atomic E-state index is -1.06. The molecular weight excluding hydrogens is 2100 g/mol. The number of carbonyl (C=O) groups is 9. The predicted molar refractivity (Wildman–Crippen MR) is 553 cm³/mol. The molecule has 139 heavy (non-hydrogen) atoms. The average molecular weight is 2230 g/mol. The van der Waals surface area contributed by atoms with Crippen LogP contribution in [0.2, 0.25) is 10.3 Å². The van der Waals surface area contributed by atoms with Gasteiger partial charge in [0.2, 0.25) is 0 Å². The highest BCUT2D eigenvalue weighted by molar-refractivity contribution is 9.11. The number of piperazine rings is 4. The van der Waals surface area contributed by atoms with Crippen molar-refractivity contribution in [3.63, 3.8) is 0 Å². The topological polar surface area (TPSA) is 482 Å². The van der Waals surface area contributed by atoms with Crippen LogP contribution in [0.25, 0.3) is 43.6 Å². The molecule has 14 rings (SSSR count). The van der Waals surface area contributed by atoms with E-state index in [0.717, 1.165) is 157 Å². The number of nitrogens with one attached hydrogen (secondary N) is 3. The number of halogens is 6. The lowest BCUT2D eigenvalue weighted by Gasteiger charge is -2.35. The Morgan fingerprint density at radius 1 is 0.417 bits per heavy atom. The number of ether oxygens (including phenoxy) is 7. The lowest BCUT2D eigenvalue weighted by molar-refractivity contribution is -0.151. The van der Waals surface area contributed by atoms with Gasteiger partial charge in [0.15, 0.2) is 0 Å². The van der Waals surface area contributed by atoms with Gasteiger partial charge in [0, 0.05) is 206 Å². The Morgan fingerprint density at radius 2 is 0.676 bits per heavy atom. The summed E-state index contributed by atoms with van der Waals surface area (Å²) in [4.78, 5) is 137. The van der Waals surface area contributed by atoms with Crippen molar-refractivity contribution in [2.24, 2.45) is 17.5 Å². The number of pyridine rings is 4. The van der Waals surface area contributed by atoms with Gasteiger partial charge in [-0.15, -0.1) is 0 Å². The van der Waals surface area contributed by atoms with E-state index >= 15 is 0 Å². The Kier molecular flexibility index (Phi) is 47.7. The molecule has 6 aliphatic rings. The fraction of sp³-hybridized carbons (Fsp3) is 0.490. The second-order valence-corrected chi connectivity index (χ2v) is 41.6. The number of aliphatic hydroxyl groups excluding tert-OH is 2. The maximum absolute atomic E-state index is 12.5. The number of cyclic esters (lactones) is 2. The monoisotopic (exact) mass is 2230 g/mol. The third-order valence-corrected chi connectivity index (χ3v) is 22.9. The molecule has 0 unspecified atom stereocenters. The third kappa shape index (κ3) is 39.7. The van der Waals surface area contributed by atoms with Crippen LogP contribution in [0.15, 0.2) is 137 Å². The van der Waals surface area contributed by atoms with Crippen LogP contribution in [0.5, 0.6) is 0 Å². The third-order valence-electron chi connectivity index (χ3n) is 20.5. The number of amides is 5. The van der Waals surface area contributed by atoms with Crippen molar-refractivity contribution in [1.82, 2.24) is 64.6 Å². The number of hydrogen-bond donors (Lipinski definition) is 8. The van der Waals surface area contributed by atoms with Gasteiger partial charge >= 0.3 is 42.5 Å². The molecule has 0 saturated carbocycles. The number of aliphatic hydroxyl groups is 2. The van der Waals surface area contributed by atoms with E-state index in [4.69, 9.17) is 62.9 Å². The molecule has 0 spiro atoms. The standard InChI is InChI=1S/C25H30BrN5O4.C19H23BrClN3O2.C19H26BrN5O2.C14H15BrClN3.C10H18O5.C6H6O3.C2H6O.CH4O.H4N2.H2O/c1-15-16(2)23(33)31(22(15)32)28-21-12-17(19-7-6-18(26)13-20(19)27-21)14-29-8-10-30(11-9-29)24(34)35-25(3,4)5;1-19(2,3)26-18(25)24-8-6-23(7-9-24)12-13-10-17(21)22-16-11-14(20)4-5-15(13)16;1-19(2,3)27-18(26)25-8-6-24(7-9-25)12-13-10-17(23-21)22-16-11-14(20)4-5-15(13)16;15-11-1-2-12-10(7-14(16)18-13(12)8-11)9-19-5-3-17-4-6-19;1-9(2,3)14-7(11)13-8(12)15-10(4,5)6;1-3-4(2)6(8)9-5(3)7;1-2-3;2*1-2;/h6-7,12-13H,8-11,14H2,1-5H3,(H,27,28);4-5,10-11H,6-9,12H2,1-3H3;4-5,10-11H,6-9,12,21H2,1-3H3,(H,22,23);1-2,7-8,17H,3-6,9H2;1-6H3;1-2H3;3H,2H2,1H3;2H,1H3;1-2H2;1H2. The zero-order chi connectivity index (χ0) is 103. The molecule has 6 aliphatic heterocycles. The van der Waals surface area contributed by atoms with E-state index in [-0.39, 0.29) is 42.2 Å². The van der Waals surface area contributed by atoms with Crippen LogP contribution in [0.4, 0.5) is 35.6 Å². The summed E-state index contributed by atoms with van der Waals surface area (Å²) < 4.78 is 38.3. The summed E-state index contributed by atoms with van der Waals surface area (Å²) in [6.07, 6.45) is -2.88. The Morgan fingerprint density at radius 3 is 0.942 bits per heavy atom. The number of esters is 2. The van der Waals surface area contributed by atoms with E-state index < -0.39 is 52.3 Å². The molecule has 5 amide bonds. The molecule has 10 heterocycles. The lowest BCUT2D eigenvalue weighted by atomic mass is 10.1. The van der Waals surface area contributed by atoms with Crippen LogP contribution in [0.1, 0.15) is 161 Å². The highest BCUT2D eigenvalue weighted by atomic mass is 79.9. The summed E-state index contributed by atoms with van der Waals surface area (Å²) in [7, 11) is 1.00. The average Bonchev–Trinajstić information content (AvgIpc) is 1.41. The number of fused-ring (bicyclic) bond motifs is 4. The Hall–Kier alpha value is -9.51. The number of benzene rings is 4. The van der Waals surface area contributed by atoms with E-state index in [2.05, 4.69) is 165 Å². The van der Waals surface area contributed by atoms with E-state index in [0.29, 0.717) is 103 Å². The molecular formula is C96H134Br4Cl2N18O19. The number of nitrogens with two attached hydrogens (primary N) is 3. The summed E-state index contributed by atoms with van der Waals surface area (Å²) >= 11 is 26.3. The fourth-order valence-electron chi connectivity index (χ4n) is 13.9. The van der Waals surface area contributed by atoms with Gasteiger partial charge in [-0.25, -0.2) is 59.3 Å². The number of anilines is 2. The molecule has 37 nitrogen and oxygen atoms in total. The first kappa shape index (κ1) is 120. The van der Waals surface area contributed by atoms with Crippen LogP contribution in [0, 0.1) is 0 Å². The largest absolute Gasteiger partial charge is 0.519 e. The lowest BCUT2D eigenvalue weighted by Crippen LogP contribution is -2.49. The number of aromatic nitrogens is 4. The van der Waals surface area contributed by atoms with Gasteiger partial charge in [0.25, 0.3) is 11.8 Å². The van der Waals surface area contributed by atoms with Crippen molar-refractivity contribution in [2.45, 2.75) is 193 Å². The van der Waals surface area contributed by atoms with Gasteiger partial charge < -0.3 is 74.3 Å². The van der Waals surface area contributed by atoms with Crippen molar-refractivity contribution in [2.75, 3.05) is 129 Å². The first-order valence-electron chi connectivity index (χ1n) is 44.6. The Bertz CT molecular complexity index is 5540. The minimum absolute atomic E-state index is 0. The molecule has 4 aromatic carbocycles. The first-order chi connectivity index (χ1) is 64.6. The molecule has 13 N–H and O–H groups in total. The highest BCUT2D eigenvalue weighted by Crippen LogP contribution is 2.33. The summed E-state index contributed by atoms with van der Waals surface area (Å²) in [5.41, 5.74) is 12.4.